The molecule has 0 aromatic heterocycles. The van der Waals surface area contributed by atoms with Crippen molar-refractivity contribution in [2.24, 2.45) is 22.4 Å². The predicted octanol–water partition coefficient (Wildman–Crippen LogP) is 1.68. The highest BCUT2D eigenvalue weighted by Gasteiger charge is 2.30. The molecule has 0 saturated carbocycles. The molecule has 0 saturated heterocycles. The van der Waals surface area contributed by atoms with Crippen LogP contribution in [0.4, 0.5) is 4.79 Å². The van der Waals surface area contributed by atoms with E-state index in [1.165, 1.54) is 0 Å². The number of carboxylic acids is 1. The van der Waals surface area contributed by atoms with Crippen molar-refractivity contribution in [3.8, 4) is 0 Å². The van der Waals surface area contributed by atoms with E-state index in [0.29, 0.717) is 6.42 Å². The van der Waals surface area contributed by atoms with E-state index in [1.54, 1.807) is 0 Å². The van der Waals surface area contributed by atoms with Gasteiger partial charge in [-0.05, 0) is 36.3 Å². The standard InChI is InChI=1S/C29H40N6O6/c1-19(2)16-23(25(36)33-22(27(38)39)14-9-15-32-28(30)31)34-26(37)24(17-20-10-5-3-6-11-20)35-29(40)41-18-21-12-7-4-8-13-21/h3-8,10-13,19,22-24H,9,14-18H2,1-2H3,(H,33,36)(H,34,37)(H,35,40)(H,38,39)(H4,30,31,32)/t22-,23-,24+/m1/s1. The molecule has 2 rings (SSSR count). The number of nitrogens with zero attached hydrogens (tertiary/aromatic N) is 1. The first-order valence-electron chi connectivity index (χ1n) is 13.4. The summed E-state index contributed by atoms with van der Waals surface area (Å²) in [5, 5.41) is 17.4. The lowest BCUT2D eigenvalue weighted by atomic mass is 10.0. The largest absolute Gasteiger partial charge is 0.480 e. The highest BCUT2D eigenvalue weighted by atomic mass is 16.5. The van der Waals surface area contributed by atoms with E-state index in [4.69, 9.17) is 16.2 Å². The second kappa shape index (κ2) is 17.2. The molecule has 2 aromatic carbocycles. The second-order valence-electron chi connectivity index (χ2n) is 9.99. The van der Waals surface area contributed by atoms with Crippen LogP contribution in [0.1, 0.15) is 44.2 Å². The van der Waals surface area contributed by atoms with E-state index in [1.807, 2.05) is 74.5 Å². The van der Waals surface area contributed by atoms with Gasteiger partial charge in [-0.1, -0.05) is 74.5 Å². The highest BCUT2D eigenvalue weighted by molar-refractivity contribution is 5.93. The molecule has 0 aliphatic rings. The number of nitrogens with one attached hydrogen (secondary N) is 3. The summed E-state index contributed by atoms with van der Waals surface area (Å²) in [5.41, 5.74) is 12.2. The van der Waals surface area contributed by atoms with E-state index in [9.17, 15) is 24.3 Å². The fourth-order valence-corrected chi connectivity index (χ4v) is 3.97. The fourth-order valence-electron chi connectivity index (χ4n) is 3.97. The van der Waals surface area contributed by atoms with E-state index in [-0.39, 0.29) is 44.3 Å². The summed E-state index contributed by atoms with van der Waals surface area (Å²) in [5.74, 6) is -2.59. The quantitative estimate of drug-likeness (QED) is 0.0998. The van der Waals surface area contributed by atoms with E-state index >= 15 is 0 Å². The first kappa shape index (κ1) is 32.6. The van der Waals surface area contributed by atoms with Gasteiger partial charge >= 0.3 is 12.1 Å². The van der Waals surface area contributed by atoms with Gasteiger partial charge in [0.25, 0.3) is 0 Å². The Labute approximate surface area is 239 Å². The molecule has 12 nitrogen and oxygen atoms in total. The Hall–Kier alpha value is -4.61. The molecule has 2 aromatic rings. The third kappa shape index (κ3) is 12.9. The van der Waals surface area contributed by atoms with Crippen molar-refractivity contribution in [3.05, 3.63) is 71.8 Å². The molecule has 222 valence electrons. The lowest BCUT2D eigenvalue weighted by Crippen LogP contribution is -2.56. The molecule has 3 amide bonds. The number of ether oxygens (including phenoxy) is 1. The van der Waals surface area contributed by atoms with Crippen LogP contribution >= 0.6 is 0 Å². The normalized spacial score (nSPS) is 12.9. The van der Waals surface area contributed by atoms with E-state index in [2.05, 4.69) is 20.9 Å². The van der Waals surface area contributed by atoms with E-state index < -0.39 is 42.0 Å². The number of hydrogen-bond donors (Lipinski definition) is 6. The number of rotatable bonds is 16. The van der Waals surface area contributed by atoms with Crippen LogP contribution in [0, 0.1) is 5.92 Å². The number of aliphatic imine (C=N–C) groups is 1. The average molecular weight is 569 g/mol. The Bertz CT molecular complexity index is 1150. The number of carboxylic acid groups (broad SMARTS) is 1. The number of carbonyl (C=O) groups excluding carboxylic acids is 3. The van der Waals surface area contributed by atoms with Crippen LogP contribution in [0.25, 0.3) is 0 Å². The van der Waals surface area contributed by atoms with Gasteiger partial charge in [-0.25, -0.2) is 9.59 Å². The minimum Gasteiger partial charge on any atom is -0.480 e. The SMILES string of the molecule is CC(C)C[C@@H](NC(=O)[C@H](Cc1ccccc1)NC(=O)OCc1ccccc1)C(=O)N[C@H](CCCN=C(N)N)C(=O)O. The Morgan fingerprint density at radius 3 is 1.95 bits per heavy atom. The zero-order valence-corrected chi connectivity index (χ0v) is 23.4. The predicted molar refractivity (Wildman–Crippen MR) is 155 cm³/mol. The van der Waals surface area contributed by atoms with Gasteiger partial charge < -0.3 is 37.3 Å². The van der Waals surface area contributed by atoms with Crippen molar-refractivity contribution >= 4 is 29.8 Å². The number of benzene rings is 2. The van der Waals surface area contributed by atoms with Crippen LogP contribution in [0.3, 0.4) is 0 Å². The van der Waals surface area contributed by atoms with Crippen LogP contribution in [-0.2, 0) is 32.1 Å². The molecule has 41 heavy (non-hydrogen) atoms. The molecule has 0 radical (unpaired) electrons. The number of aliphatic carboxylic acids is 1. The Balaban J connectivity index is 2.13. The number of hydrogen-bond acceptors (Lipinski definition) is 6. The summed E-state index contributed by atoms with van der Waals surface area (Å²) < 4.78 is 5.30. The molecule has 12 heteroatoms. The number of carbonyl (C=O) groups is 4. The molecule has 0 aliphatic heterocycles. The van der Waals surface area contributed by atoms with Gasteiger partial charge in [-0.15, -0.1) is 0 Å². The van der Waals surface area contributed by atoms with Crippen molar-refractivity contribution in [2.75, 3.05) is 6.54 Å². The molecule has 3 atom stereocenters. The minimum atomic E-state index is -1.22. The summed E-state index contributed by atoms with van der Waals surface area (Å²) in [4.78, 5) is 54.8. The van der Waals surface area contributed by atoms with Crippen LogP contribution in [0.15, 0.2) is 65.7 Å². The number of guanidine groups is 1. The van der Waals surface area contributed by atoms with Gasteiger partial charge in [-0.2, -0.15) is 0 Å². The first-order chi connectivity index (χ1) is 19.5. The Morgan fingerprint density at radius 1 is 0.829 bits per heavy atom. The molecular weight excluding hydrogens is 528 g/mol. The van der Waals surface area contributed by atoms with Crippen LogP contribution in [-0.4, -0.2) is 59.6 Å². The van der Waals surface area contributed by atoms with E-state index in [0.717, 1.165) is 11.1 Å². The van der Waals surface area contributed by atoms with Crippen molar-refractivity contribution in [1.82, 2.24) is 16.0 Å². The van der Waals surface area contributed by atoms with Crippen molar-refractivity contribution in [2.45, 2.75) is 64.3 Å². The fraction of sp³-hybridized carbons (Fsp3) is 0.414. The van der Waals surface area contributed by atoms with Crippen molar-refractivity contribution in [1.29, 1.82) is 0 Å². The molecule has 0 aliphatic carbocycles. The van der Waals surface area contributed by atoms with Gasteiger partial charge in [0.15, 0.2) is 5.96 Å². The third-order valence-electron chi connectivity index (χ3n) is 6.00. The molecule has 0 spiro atoms. The van der Waals surface area contributed by atoms with Gasteiger partial charge in [0.2, 0.25) is 11.8 Å². The molecule has 8 N–H and O–H groups in total. The maximum atomic E-state index is 13.4. The van der Waals surface area contributed by atoms with Crippen LogP contribution < -0.4 is 27.4 Å². The van der Waals surface area contributed by atoms with Gasteiger partial charge in [0.1, 0.15) is 24.7 Å². The summed E-state index contributed by atoms with van der Waals surface area (Å²) >= 11 is 0. The zero-order valence-electron chi connectivity index (χ0n) is 23.4. The van der Waals surface area contributed by atoms with Crippen molar-refractivity contribution in [3.63, 3.8) is 0 Å². The summed E-state index contributed by atoms with van der Waals surface area (Å²) in [7, 11) is 0. The first-order valence-corrected chi connectivity index (χ1v) is 13.4. The summed E-state index contributed by atoms with van der Waals surface area (Å²) in [6.45, 7) is 3.97. The topological polar surface area (TPSA) is 198 Å². The van der Waals surface area contributed by atoms with Crippen LogP contribution in [0.2, 0.25) is 0 Å². The Kier molecular flexibility index (Phi) is 13.6. The molecule has 0 heterocycles. The van der Waals surface area contributed by atoms with Gasteiger partial charge in [0, 0.05) is 13.0 Å². The second-order valence-corrected chi connectivity index (χ2v) is 9.99. The molecular formula is C29H40N6O6. The molecule has 0 unspecified atom stereocenters. The summed E-state index contributed by atoms with van der Waals surface area (Å²) in [6.07, 6.45) is 0.0116. The van der Waals surface area contributed by atoms with Gasteiger partial charge in [-0.3, -0.25) is 14.6 Å². The zero-order chi connectivity index (χ0) is 30.2. The van der Waals surface area contributed by atoms with Gasteiger partial charge in [0.05, 0.1) is 0 Å². The lowest BCUT2D eigenvalue weighted by Gasteiger charge is -2.25. The summed E-state index contributed by atoms with van der Waals surface area (Å²) in [6, 6.07) is 14.9. The smallest absolute Gasteiger partial charge is 0.408 e. The minimum absolute atomic E-state index is 0.00688. The number of alkyl carbamates (subject to hydrolysis) is 1. The lowest BCUT2D eigenvalue weighted by molar-refractivity contribution is -0.142. The van der Waals surface area contributed by atoms with Crippen molar-refractivity contribution < 1.29 is 29.0 Å². The Morgan fingerprint density at radius 2 is 1.39 bits per heavy atom. The highest BCUT2D eigenvalue weighted by Crippen LogP contribution is 2.10. The van der Waals surface area contributed by atoms with Crippen LogP contribution in [0.5, 0.6) is 0 Å². The monoisotopic (exact) mass is 568 g/mol. The maximum absolute atomic E-state index is 13.4. The number of nitrogens with two attached hydrogens (primary N) is 2. The number of amides is 3. The average Bonchev–Trinajstić information content (AvgIpc) is 2.93. The third-order valence-corrected chi connectivity index (χ3v) is 6.00. The maximum Gasteiger partial charge on any atom is 0.408 e. The molecule has 0 bridgehead atoms. The molecule has 0 fully saturated rings.